The molecule has 1 N–H and O–H groups in total. The third-order valence-corrected chi connectivity index (χ3v) is 3.62. The van der Waals surface area contributed by atoms with Gasteiger partial charge in [0.25, 0.3) is 5.91 Å². The molecule has 2 aromatic rings. The summed E-state index contributed by atoms with van der Waals surface area (Å²) in [7, 11) is 1.62. The largest absolute Gasteiger partial charge is 0.497 e. The van der Waals surface area contributed by atoms with Gasteiger partial charge in [0.2, 0.25) is 5.95 Å². The van der Waals surface area contributed by atoms with Crippen molar-refractivity contribution in [3.63, 3.8) is 0 Å². The fourth-order valence-corrected chi connectivity index (χ4v) is 2.44. The van der Waals surface area contributed by atoms with Gasteiger partial charge in [-0.15, -0.1) is 0 Å². The van der Waals surface area contributed by atoms with Crippen LogP contribution in [0.2, 0.25) is 0 Å². The van der Waals surface area contributed by atoms with Crippen LogP contribution in [0.4, 0.5) is 11.6 Å². The van der Waals surface area contributed by atoms with Crippen LogP contribution >= 0.6 is 0 Å². The maximum Gasteiger partial charge on any atom is 0.256 e. The van der Waals surface area contributed by atoms with E-state index < -0.39 is 0 Å². The van der Waals surface area contributed by atoms with Crippen LogP contribution in [-0.2, 0) is 0 Å². The first-order valence-electron chi connectivity index (χ1n) is 7.28. The smallest absolute Gasteiger partial charge is 0.256 e. The number of anilines is 2. The first-order valence-corrected chi connectivity index (χ1v) is 7.28. The maximum absolute atomic E-state index is 12.2. The second-order valence-corrected chi connectivity index (χ2v) is 5.15. The molecule has 1 aromatic heterocycles. The molecule has 1 aromatic carbocycles. The first-order chi connectivity index (χ1) is 10.8. The van der Waals surface area contributed by atoms with Gasteiger partial charge in [-0.25, -0.2) is 9.97 Å². The molecule has 114 valence electrons. The Morgan fingerprint density at radius 1 is 1.23 bits per heavy atom. The number of aromatic nitrogens is 2. The molecule has 1 amide bonds. The Morgan fingerprint density at radius 3 is 2.64 bits per heavy atom. The van der Waals surface area contributed by atoms with Gasteiger partial charge in [-0.1, -0.05) is 6.07 Å². The number of ether oxygens (including phenoxy) is 1. The lowest BCUT2D eigenvalue weighted by atomic mass is 10.3. The van der Waals surface area contributed by atoms with Crippen molar-refractivity contribution in [1.82, 2.24) is 14.9 Å². The van der Waals surface area contributed by atoms with Crippen molar-refractivity contribution < 1.29 is 9.53 Å². The molecular formula is C16H18N4O2. The van der Waals surface area contributed by atoms with Crippen molar-refractivity contribution in [3.8, 4) is 5.75 Å². The molecule has 6 nitrogen and oxygen atoms in total. The van der Waals surface area contributed by atoms with Gasteiger partial charge in [0.05, 0.1) is 12.7 Å². The van der Waals surface area contributed by atoms with Crippen LogP contribution in [0.1, 0.15) is 23.2 Å². The Kier molecular flexibility index (Phi) is 4.18. The van der Waals surface area contributed by atoms with Gasteiger partial charge in [-0.3, -0.25) is 4.79 Å². The molecule has 0 saturated carbocycles. The van der Waals surface area contributed by atoms with Crippen molar-refractivity contribution in [1.29, 1.82) is 0 Å². The number of hydrogen-bond acceptors (Lipinski definition) is 5. The zero-order valence-electron chi connectivity index (χ0n) is 12.5. The van der Waals surface area contributed by atoms with Gasteiger partial charge >= 0.3 is 0 Å². The minimum atomic E-state index is 0.00503. The highest BCUT2D eigenvalue weighted by Gasteiger charge is 2.19. The topological polar surface area (TPSA) is 67.3 Å². The summed E-state index contributed by atoms with van der Waals surface area (Å²) in [6, 6.07) is 7.50. The summed E-state index contributed by atoms with van der Waals surface area (Å²) in [6.07, 6.45) is 5.27. The van der Waals surface area contributed by atoms with Crippen LogP contribution in [0.15, 0.2) is 36.7 Å². The van der Waals surface area contributed by atoms with Crippen LogP contribution in [0.25, 0.3) is 0 Å². The van der Waals surface area contributed by atoms with E-state index in [-0.39, 0.29) is 5.91 Å². The average molecular weight is 298 g/mol. The van der Waals surface area contributed by atoms with Crippen LogP contribution in [0.5, 0.6) is 5.75 Å². The summed E-state index contributed by atoms with van der Waals surface area (Å²) >= 11 is 0. The van der Waals surface area contributed by atoms with Gasteiger partial charge in [0, 0.05) is 37.2 Å². The van der Waals surface area contributed by atoms with Crippen LogP contribution < -0.4 is 10.1 Å². The van der Waals surface area contributed by atoms with Crippen molar-refractivity contribution in [3.05, 3.63) is 42.2 Å². The zero-order valence-corrected chi connectivity index (χ0v) is 12.5. The van der Waals surface area contributed by atoms with E-state index in [0.717, 1.165) is 37.4 Å². The normalized spacial score (nSPS) is 14.0. The van der Waals surface area contributed by atoms with E-state index in [1.165, 1.54) is 0 Å². The number of likely N-dealkylation sites (tertiary alicyclic amines) is 1. The number of hydrogen-bond donors (Lipinski definition) is 1. The summed E-state index contributed by atoms with van der Waals surface area (Å²) in [4.78, 5) is 22.5. The van der Waals surface area contributed by atoms with Gasteiger partial charge < -0.3 is 15.0 Å². The first kappa shape index (κ1) is 14.3. The lowest BCUT2D eigenvalue weighted by Gasteiger charge is -2.14. The van der Waals surface area contributed by atoms with Crippen LogP contribution in [-0.4, -0.2) is 41.0 Å². The quantitative estimate of drug-likeness (QED) is 0.939. The van der Waals surface area contributed by atoms with Gasteiger partial charge in [-0.2, -0.15) is 0 Å². The highest BCUT2D eigenvalue weighted by molar-refractivity contribution is 5.93. The summed E-state index contributed by atoms with van der Waals surface area (Å²) in [5, 5.41) is 3.09. The van der Waals surface area contributed by atoms with Gasteiger partial charge in [-0.05, 0) is 25.0 Å². The minimum absolute atomic E-state index is 0.00503. The molecule has 0 spiro atoms. The number of nitrogens with zero attached hydrogens (tertiary/aromatic N) is 3. The Hall–Kier alpha value is -2.63. The lowest BCUT2D eigenvalue weighted by molar-refractivity contribution is 0.0792. The Labute approximate surface area is 129 Å². The highest BCUT2D eigenvalue weighted by atomic mass is 16.5. The van der Waals surface area contributed by atoms with Crippen LogP contribution in [0.3, 0.4) is 0 Å². The number of carbonyl (C=O) groups is 1. The SMILES string of the molecule is COc1cccc(Nc2ncc(C(=O)N3CCCC3)cn2)c1. The summed E-state index contributed by atoms with van der Waals surface area (Å²) < 4.78 is 5.17. The van der Waals surface area contributed by atoms with E-state index >= 15 is 0 Å². The molecule has 6 heteroatoms. The fourth-order valence-electron chi connectivity index (χ4n) is 2.44. The Morgan fingerprint density at radius 2 is 1.95 bits per heavy atom. The number of methoxy groups -OCH3 is 1. The van der Waals surface area contributed by atoms with E-state index in [1.807, 2.05) is 29.2 Å². The molecule has 0 unspecified atom stereocenters. The van der Waals surface area contributed by atoms with Crippen molar-refractivity contribution in [2.75, 3.05) is 25.5 Å². The number of benzene rings is 1. The molecule has 1 aliphatic heterocycles. The summed E-state index contributed by atoms with van der Waals surface area (Å²) in [5.41, 5.74) is 1.36. The molecule has 0 aliphatic carbocycles. The standard InChI is InChI=1S/C16H18N4O2/c1-22-14-6-4-5-13(9-14)19-16-17-10-12(11-18-16)15(21)20-7-2-3-8-20/h4-6,9-11H,2-3,7-8H2,1H3,(H,17,18,19). The lowest BCUT2D eigenvalue weighted by Crippen LogP contribution is -2.27. The Bertz CT molecular complexity index is 651. The fraction of sp³-hybridized carbons (Fsp3) is 0.312. The number of rotatable bonds is 4. The van der Waals surface area contributed by atoms with Crippen molar-refractivity contribution in [2.45, 2.75) is 12.8 Å². The molecule has 1 saturated heterocycles. The predicted octanol–water partition coefficient (Wildman–Crippen LogP) is 2.46. The molecular weight excluding hydrogens is 280 g/mol. The molecule has 1 aliphatic rings. The molecule has 3 rings (SSSR count). The molecule has 0 atom stereocenters. The summed E-state index contributed by atoms with van der Waals surface area (Å²) in [6.45, 7) is 1.64. The second-order valence-electron chi connectivity index (χ2n) is 5.15. The third kappa shape index (κ3) is 3.16. The Balaban J connectivity index is 1.69. The number of amides is 1. The average Bonchev–Trinajstić information content (AvgIpc) is 3.09. The molecule has 2 heterocycles. The monoisotopic (exact) mass is 298 g/mol. The van der Waals surface area contributed by atoms with E-state index in [9.17, 15) is 4.79 Å². The molecule has 22 heavy (non-hydrogen) atoms. The van der Waals surface area contributed by atoms with E-state index in [2.05, 4.69) is 15.3 Å². The van der Waals surface area contributed by atoms with Crippen molar-refractivity contribution in [2.24, 2.45) is 0 Å². The van der Waals surface area contributed by atoms with Gasteiger partial charge in [0.15, 0.2) is 0 Å². The third-order valence-electron chi connectivity index (χ3n) is 3.62. The van der Waals surface area contributed by atoms with E-state index in [1.54, 1.807) is 19.5 Å². The highest BCUT2D eigenvalue weighted by Crippen LogP contribution is 2.19. The van der Waals surface area contributed by atoms with E-state index in [4.69, 9.17) is 4.74 Å². The van der Waals surface area contributed by atoms with Crippen molar-refractivity contribution >= 4 is 17.5 Å². The van der Waals surface area contributed by atoms with Gasteiger partial charge in [0.1, 0.15) is 5.75 Å². The maximum atomic E-state index is 12.2. The number of carbonyl (C=O) groups excluding carboxylic acids is 1. The predicted molar refractivity (Wildman–Crippen MR) is 83.4 cm³/mol. The molecule has 0 bridgehead atoms. The second kappa shape index (κ2) is 6.43. The molecule has 1 fully saturated rings. The molecule has 0 radical (unpaired) electrons. The summed E-state index contributed by atoms with van der Waals surface area (Å²) in [5.74, 6) is 1.21. The van der Waals surface area contributed by atoms with E-state index in [0.29, 0.717) is 11.5 Å². The zero-order chi connectivity index (χ0) is 15.4. The minimum Gasteiger partial charge on any atom is -0.497 e. The number of nitrogens with one attached hydrogen (secondary N) is 1. The van der Waals surface area contributed by atoms with Crippen LogP contribution in [0, 0.1) is 0 Å².